The number of benzene rings is 2. The van der Waals surface area contributed by atoms with Crippen LogP contribution in [-0.4, -0.2) is 30.7 Å². The van der Waals surface area contributed by atoms with Gasteiger partial charge in [0, 0.05) is 13.0 Å². The van der Waals surface area contributed by atoms with E-state index in [1.165, 1.54) is 15.9 Å². The predicted molar refractivity (Wildman–Crippen MR) is 110 cm³/mol. The number of hydrogen-bond acceptors (Lipinski definition) is 3. The Morgan fingerprint density at radius 2 is 1.29 bits per heavy atom. The van der Waals surface area contributed by atoms with E-state index in [0.717, 1.165) is 19.4 Å². The van der Waals surface area contributed by atoms with Crippen LogP contribution in [0.25, 0.3) is 0 Å². The Balaban J connectivity index is 1.71. The number of hydrogen-bond donors (Lipinski definition) is 1. The first kappa shape index (κ1) is 18.4. The first-order valence-electron chi connectivity index (χ1n) is 10.5. The second-order valence-corrected chi connectivity index (χ2v) is 9.50. The Kier molecular flexibility index (Phi) is 3.89. The number of rotatable bonds is 2. The Labute approximate surface area is 167 Å². The normalized spacial score (nSPS) is 31.1. The third kappa shape index (κ3) is 2.34. The minimum absolute atomic E-state index is 0.266. The quantitative estimate of drug-likeness (QED) is 0.815. The maximum atomic E-state index is 7.09. The van der Waals surface area contributed by atoms with Crippen molar-refractivity contribution in [2.75, 3.05) is 6.54 Å². The summed E-state index contributed by atoms with van der Waals surface area (Å²) in [5.74, 6) is 0. The monoisotopic (exact) mass is 379 g/mol. The van der Waals surface area contributed by atoms with Gasteiger partial charge < -0.3 is 18.8 Å². The first-order chi connectivity index (χ1) is 13.3. The van der Waals surface area contributed by atoms with Crippen molar-refractivity contribution in [3.63, 3.8) is 0 Å². The fourth-order valence-electron chi connectivity index (χ4n) is 5.52. The highest BCUT2D eigenvalue weighted by atomic mass is 16.8. The van der Waals surface area contributed by atoms with E-state index in [0.29, 0.717) is 0 Å². The molecule has 3 fully saturated rings. The molecule has 0 bridgehead atoms. The third-order valence-electron chi connectivity index (χ3n) is 7.45. The molecule has 3 aliphatic heterocycles. The van der Waals surface area contributed by atoms with Gasteiger partial charge >= 0.3 is 6.89 Å². The highest BCUT2D eigenvalue weighted by Crippen LogP contribution is 2.50. The van der Waals surface area contributed by atoms with Gasteiger partial charge in [-0.05, 0) is 45.2 Å². The maximum Gasteiger partial charge on any atom is 0.625 e. The molecule has 2 aromatic rings. The van der Waals surface area contributed by atoms with Crippen LogP contribution in [0.2, 0.25) is 0 Å². The standard InChI is InChI=1S/C23H30BNO3/c1-21(2)22(3,4)27-24(26-21)25-17-11-16-20(25)23(28-24,18-12-7-5-8-13-18)19-14-9-6-10-15-19/h5-10,12-15,20,25H,11,16-17H2,1-4H3/t20-/m0/s1. The van der Waals surface area contributed by atoms with E-state index in [2.05, 4.69) is 88.4 Å². The summed E-state index contributed by atoms with van der Waals surface area (Å²) in [5.41, 5.74) is 0.955. The zero-order chi connectivity index (χ0) is 19.6. The van der Waals surface area contributed by atoms with Crippen molar-refractivity contribution in [3.8, 4) is 0 Å². The molecule has 5 heteroatoms. The molecule has 3 saturated heterocycles. The largest absolute Gasteiger partial charge is 0.625 e. The molecule has 1 N–H and O–H groups in total. The summed E-state index contributed by atoms with van der Waals surface area (Å²) in [5, 5.41) is 0. The smallest absolute Gasteiger partial charge is 0.479 e. The van der Waals surface area contributed by atoms with E-state index < -0.39 is 23.7 Å². The molecule has 5 rings (SSSR count). The zero-order valence-electron chi connectivity index (χ0n) is 17.3. The van der Waals surface area contributed by atoms with Gasteiger partial charge in [-0.25, -0.2) is 0 Å². The van der Waals surface area contributed by atoms with Crippen LogP contribution in [-0.2, 0) is 19.6 Å². The molecule has 28 heavy (non-hydrogen) atoms. The predicted octanol–water partition coefficient (Wildman–Crippen LogP) is 3.05. The molecule has 3 aliphatic rings. The van der Waals surface area contributed by atoms with Gasteiger partial charge in [-0.3, -0.25) is 0 Å². The van der Waals surface area contributed by atoms with Gasteiger partial charge in [0.15, 0.2) is 0 Å². The molecule has 0 aliphatic carbocycles. The van der Waals surface area contributed by atoms with E-state index >= 15 is 0 Å². The lowest BCUT2D eigenvalue weighted by Crippen LogP contribution is -3.23. The van der Waals surface area contributed by atoms with Crippen molar-refractivity contribution >= 4 is 6.89 Å². The first-order valence-corrected chi connectivity index (χ1v) is 10.5. The Morgan fingerprint density at radius 1 is 0.786 bits per heavy atom. The topological polar surface area (TPSA) is 32.1 Å². The van der Waals surface area contributed by atoms with Crippen LogP contribution in [0, 0.1) is 0 Å². The lowest BCUT2D eigenvalue weighted by molar-refractivity contribution is -0.824. The van der Waals surface area contributed by atoms with Crippen LogP contribution in [0.15, 0.2) is 60.7 Å². The average Bonchev–Trinajstić information content (AvgIpc) is 3.30. The van der Waals surface area contributed by atoms with Gasteiger partial charge in [0.25, 0.3) is 0 Å². The molecule has 0 amide bonds. The highest BCUT2D eigenvalue weighted by Gasteiger charge is 2.73. The van der Waals surface area contributed by atoms with Crippen molar-refractivity contribution in [1.82, 2.24) is 0 Å². The average molecular weight is 379 g/mol. The second kappa shape index (κ2) is 5.93. The maximum absolute atomic E-state index is 7.09. The third-order valence-corrected chi connectivity index (χ3v) is 7.45. The molecule has 2 atom stereocenters. The number of fused-ring (bicyclic) bond motifs is 2. The van der Waals surface area contributed by atoms with Crippen LogP contribution in [0.4, 0.5) is 0 Å². The molecule has 1 spiro atoms. The molecule has 148 valence electrons. The molecule has 3 heterocycles. The Bertz CT molecular complexity index is 812. The fraction of sp³-hybridized carbons (Fsp3) is 0.478. The van der Waals surface area contributed by atoms with Crippen LogP contribution in [0.3, 0.4) is 0 Å². The molecule has 0 radical (unpaired) electrons. The lowest BCUT2D eigenvalue weighted by Gasteiger charge is -2.36. The van der Waals surface area contributed by atoms with Gasteiger partial charge in [-0.2, -0.15) is 0 Å². The number of nitrogens with one attached hydrogen (secondary N) is 1. The summed E-state index contributed by atoms with van der Waals surface area (Å²) in [7, 11) is 0. The SMILES string of the molecule is CC1(C)O[B-]2(OC(c3ccccc3)(c3ccccc3)[C@@H]3CCC[NH+]32)OC1(C)C. The van der Waals surface area contributed by atoms with E-state index in [1.54, 1.807) is 0 Å². The van der Waals surface area contributed by atoms with Crippen molar-refractivity contribution < 1.29 is 18.8 Å². The summed E-state index contributed by atoms with van der Waals surface area (Å²) in [6, 6.07) is 21.5. The molecule has 2 aromatic carbocycles. The molecule has 0 aromatic heterocycles. The summed E-state index contributed by atoms with van der Waals surface area (Å²) in [6.07, 6.45) is 2.25. The van der Waals surface area contributed by atoms with Gasteiger partial charge in [0.2, 0.25) is 0 Å². The summed E-state index contributed by atoms with van der Waals surface area (Å²) in [4.78, 5) is 1.33. The minimum atomic E-state index is -1.93. The van der Waals surface area contributed by atoms with Gasteiger partial charge in [0.1, 0.15) is 5.60 Å². The van der Waals surface area contributed by atoms with Crippen molar-refractivity contribution in [2.24, 2.45) is 0 Å². The van der Waals surface area contributed by atoms with E-state index in [1.807, 2.05) is 0 Å². The van der Waals surface area contributed by atoms with Crippen LogP contribution >= 0.6 is 0 Å². The lowest BCUT2D eigenvalue weighted by atomic mass is 9.79. The van der Waals surface area contributed by atoms with Gasteiger partial charge in [-0.15, -0.1) is 0 Å². The van der Waals surface area contributed by atoms with Crippen LogP contribution in [0.5, 0.6) is 0 Å². The number of quaternary nitrogens is 1. The van der Waals surface area contributed by atoms with E-state index in [-0.39, 0.29) is 6.04 Å². The van der Waals surface area contributed by atoms with E-state index in [9.17, 15) is 0 Å². The fourth-order valence-corrected chi connectivity index (χ4v) is 5.52. The van der Waals surface area contributed by atoms with Gasteiger partial charge in [0.05, 0.1) is 17.2 Å². The summed E-state index contributed by atoms with van der Waals surface area (Å²) in [6.45, 7) is 7.54. The van der Waals surface area contributed by atoms with E-state index in [4.69, 9.17) is 14.0 Å². The van der Waals surface area contributed by atoms with Crippen molar-refractivity contribution in [3.05, 3.63) is 71.8 Å². The van der Waals surface area contributed by atoms with Crippen LogP contribution in [0.1, 0.15) is 51.7 Å². The summed E-state index contributed by atoms with van der Waals surface area (Å²) < 4.78 is 20.5. The molecular weight excluding hydrogens is 349 g/mol. The molecule has 0 saturated carbocycles. The molecule has 4 nitrogen and oxygen atoms in total. The van der Waals surface area contributed by atoms with Crippen LogP contribution < -0.4 is 4.81 Å². The van der Waals surface area contributed by atoms with Gasteiger partial charge in [-0.1, -0.05) is 60.7 Å². The molecule has 1 unspecified atom stereocenters. The highest BCUT2D eigenvalue weighted by molar-refractivity contribution is 6.53. The summed E-state index contributed by atoms with van der Waals surface area (Å²) >= 11 is 0. The molecular formula is C23H30BNO3. The van der Waals surface area contributed by atoms with Crippen molar-refractivity contribution in [2.45, 2.75) is 63.4 Å². The second-order valence-electron chi connectivity index (χ2n) is 9.50. The Hall–Kier alpha value is -1.66. The minimum Gasteiger partial charge on any atom is -0.479 e. The Morgan fingerprint density at radius 3 is 1.79 bits per heavy atom. The van der Waals surface area contributed by atoms with Crippen molar-refractivity contribution in [1.29, 1.82) is 0 Å². The zero-order valence-corrected chi connectivity index (χ0v) is 17.3.